The molecule has 0 saturated heterocycles. The molecule has 1 atom stereocenters. The molecule has 2 aromatic rings. The van der Waals surface area contributed by atoms with Crippen molar-refractivity contribution >= 4 is 34.8 Å². The van der Waals surface area contributed by atoms with Crippen LogP contribution in [0.2, 0.25) is 10.0 Å². The largest absolute Gasteiger partial charge is 0.395 e. The SMILES string of the molecule is CC1=C(C(=O)N(C)C2CCCCC2)N[C@@H](c2ccc(Cl)cc2Cl)N1c1ccc(C#CCCO)cc1. The third-order valence-corrected chi connectivity index (χ3v) is 7.35. The molecule has 4 rings (SSSR count). The van der Waals surface area contributed by atoms with E-state index < -0.39 is 0 Å². The van der Waals surface area contributed by atoms with Gasteiger partial charge < -0.3 is 20.2 Å². The number of likely N-dealkylation sites (N-methyl/N-ethyl adjacent to an activating group) is 1. The van der Waals surface area contributed by atoms with Crippen molar-refractivity contribution in [3.05, 3.63) is 75.0 Å². The van der Waals surface area contributed by atoms with Gasteiger partial charge in [-0.05, 0) is 56.2 Å². The smallest absolute Gasteiger partial charge is 0.271 e. The van der Waals surface area contributed by atoms with Gasteiger partial charge in [0, 0.05) is 52.1 Å². The van der Waals surface area contributed by atoms with Gasteiger partial charge in [0.25, 0.3) is 5.91 Å². The summed E-state index contributed by atoms with van der Waals surface area (Å²) in [5, 5.41) is 13.5. The summed E-state index contributed by atoms with van der Waals surface area (Å²) in [7, 11) is 1.91. The summed E-state index contributed by atoms with van der Waals surface area (Å²) < 4.78 is 0. The fourth-order valence-corrected chi connectivity index (χ4v) is 5.37. The zero-order valence-electron chi connectivity index (χ0n) is 20.2. The Morgan fingerprint density at radius 3 is 2.51 bits per heavy atom. The molecule has 1 saturated carbocycles. The van der Waals surface area contributed by atoms with Gasteiger partial charge in [-0.25, -0.2) is 0 Å². The zero-order valence-corrected chi connectivity index (χ0v) is 21.7. The van der Waals surface area contributed by atoms with Crippen LogP contribution >= 0.6 is 23.2 Å². The molecule has 184 valence electrons. The molecular formula is C28H31Cl2N3O2. The standard InChI is InChI=1S/C28H31Cl2N3O2/c1-19-26(28(35)32(2)22-9-4-3-5-10-22)31-27(24-16-13-21(29)18-25(24)30)33(19)23-14-11-20(12-15-23)8-6-7-17-34/h11-16,18,22,27,31,34H,3-5,7,9-10,17H2,1-2H3/t27-/m1/s1. The molecule has 0 bridgehead atoms. The van der Waals surface area contributed by atoms with Gasteiger partial charge in [-0.3, -0.25) is 4.79 Å². The number of hydrogen-bond donors (Lipinski definition) is 2. The van der Waals surface area contributed by atoms with E-state index in [1.807, 2.05) is 55.3 Å². The second-order valence-corrected chi connectivity index (χ2v) is 9.92. The molecule has 1 heterocycles. The van der Waals surface area contributed by atoms with Gasteiger partial charge in [0.2, 0.25) is 0 Å². The fraction of sp³-hybridized carbons (Fsp3) is 0.393. The lowest BCUT2D eigenvalue weighted by molar-refractivity contribution is -0.128. The number of nitrogens with zero attached hydrogens (tertiary/aromatic N) is 2. The number of anilines is 1. The summed E-state index contributed by atoms with van der Waals surface area (Å²) in [6.45, 7) is 2.01. The van der Waals surface area contributed by atoms with Crippen LogP contribution in [0.4, 0.5) is 5.69 Å². The van der Waals surface area contributed by atoms with Crippen molar-refractivity contribution in [1.82, 2.24) is 10.2 Å². The summed E-state index contributed by atoms with van der Waals surface area (Å²) in [5.74, 6) is 6.00. The van der Waals surface area contributed by atoms with E-state index in [1.165, 1.54) is 6.42 Å². The normalized spacial score (nSPS) is 18.2. The Hall–Kier alpha value is -2.65. The van der Waals surface area contributed by atoms with Crippen molar-refractivity contribution in [2.45, 2.75) is 57.7 Å². The molecule has 1 fully saturated rings. The Bertz CT molecular complexity index is 1160. The number of carbonyl (C=O) groups excluding carboxylic acids is 1. The minimum Gasteiger partial charge on any atom is -0.395 e. The number of rotatable bonds is 5. The lowest BCUT2D eigenvalue weighted by atomic mass is 9.94. The highest BCUT2D eigenvalue weighted by atomic mass is 35.5. The van der Waals surface area contributed by atoms with Crippen molar-refractivity contribution in [3.63, 3.8) is 0 Å². The molecule has 7 heteroatoms. The molecule has 1 aliphatic heterocycles. The molecule has 0 unspecified atom stereocenters. The van der Waals surface area contributed by atoms with Crippen LogP contribution in [0.15, 0.2) is 53.9 Å². The quantitative estimate of drug-likeness (QED) is 0.493. The summed E-state index contributed by atoms with van der Waals surface area (Å²) in [6.07, 6.45) is 5.74. The van der Waals surface area contributed by atoms with E-state index in [9.17, 15) is 4.79 Å². The number of halogens is 2. The molecule has 0 radical (unpaired) electrons. The van der Waals surface area contributed by atoms with Gasteiger partial charge in [-0.15, -0.1) is 0 Å². The third-order valence-electron chi connectivity index (χ3n) is 6.79. The maximum atomic E-state index is 13.6. The van der Waals surface area contributed by atoms with Crippen molar-refractivity contribution in [2.75, 3.05) is 18.6 Å². The van der Waals surface area contributed by atoms with Crippen LogP contribution in [0.1, 0.15) is 62.7 Å². The highest BCUT2D eigenvalue weighted by Gasteiger charge is 2.37. The second kappa shape index (κ2) is 11.4. The molecule has 2 aliphatic rings. The predicted molar refractivity (Wildman–Crippen MR) is 142 cm³/mol. The Morgan fingerprint density at radius 1 is 1.14 bits per heavy atom. The Morgan fingerprint density at radius 2 is 1.86 bits per heavy atom. The summed E-state index contributed by atoms with van der Waals surface area (Å²) in [5.41, 5.74) is 4.05. The number of aliphatic hydroxyl groups is 1. The lowest BCUT2D eigenvalue weighted by Crippen LogP contribution is -2.41. The molecule has 0 spiro atoms. The predicted octanol–water partition coefficient (Wildman–Crippen LogP) is 5.86. The van der Waals surface area contributed by atoms with E-state index in [2.05, 4.69) is 22.1 Å². The van der Waals surface area contributed by atoms with E-state index in [0.29, 0.717) is 22.2 Å². The maximum Gasteiger partial charge on any atom is 0.271 e. The summed E-state index contributed by atoms with van der Waals surface area (Å²) in [4.78, 5) is 17.6. The first-order valence-electron chi connectivity index (χ1n) is 12.1. The molecule has 0 aromatic heterocycles. The van der Waals surface area contributed by atoms with Crippen LogP contribution in [0.3, 0.4) is 0 Å². The van der Waals surface area contributed by atoms with Gasteiger partial charge in [0.1, 0.15) is 11.9 Å². The summed E-state index contributed by atoms with van der Waals surface area (Å²) in [6, 6.07) is 13.6. The average Bonchev–Trinajstić information content (AvgIpc) is 3.21. The van der Waals surface area contributed by atoms with Crippen LogP contribution in [0, 0.1) is 11.8 Å². The van der Waals surface area contributed by atoms with Gasteiger partial charge in [-0.1, -0.05) is 60.4 Å². The minimum absolute atomic E-state index is 0.00141. The average molecular weight is 512 g/mol. The van der Waals surface area contributed by atoms with Crippen molar-refractivity contribution in [3.8, 4) is 11.8 Å². The van der Waals surface area contributed by atoms with Gasteiger partial charge >= 0.3 is 0 Å². The number of hydrogen-bond acceptors (Lipinski definition) is 4. The molecule has 2 N–H and O–H groups in total. The number of aliphatic hydroxyl groups excluding tert-OH is 1. The van der Waals surface area contributed by atoms with Crippen molar-refractivity contribution < 1.29 is 9.90 Å². The second-order valence-electron chi connectivity index (χ2n) is 9.07. The Balaban J connectivity index is 1.69. The monoisotopic (exact) mass is 511 g/mol. The van der Waals surface area contributed by atoms with E-state index in [-0.39, 0.29) is 24.7 Å². The Kier molecular flexibility index (Phi) is 8.28. The zero-order chi connectivity index (χ0) is 24.9. The highest BCUT2D eigenvalue weighted by molar-refractivity contribution is 6.35. The van der Waals surface area contributed by atoms with Gasteiger partial charge in [-0.2, -0.15) is 0 Å². The van der Waals surface area contributed by atoms with E-state index in [0.717, 1.165) is 48.2 Å². The number of carbonyl (C=O) groups is 1. The number of benzene rings is 2. The topological polar surface area (TPSA) is 55.8 Å². The van der Waals surface area contributed by atoms with E-state index in [1.54, 1.807) is 6.07 Å². The first kappa shape index (κ1) is 25.4. The van der Waals surface area contributed by atoms with Gasteiger partial charge in [0.05, 0.1) is 6.61 Å². The van der Waals surface area contributed by atoms with E-state index >= 15 is 0 Å². The fourth-order valence-electron chi connectivity index (χ4n) is 4.86. The van der Waals surface area contributed by atoms with Crippen LogP contribution in [-0.2, 0) is 4.79 Å². The number of allylic oxidation sites excluding steroid dienone is 1. The van der Waals surface area contributed by atoms with Crippen molar-refractivity contribution in [2.24, 2.45) is 0 Å². The number of amides is 1. The Labute approximate surface area is 217 Å². The van der Waals surface area contributed by atoms with Crippen LogP contribution < -0.4 is 10.2 Å². The molecular weight excluding hydrogens is 481 g/mol. The molecule has 2 aromatic carbocycles. The first-order chi connectivity index (χ1) is 16.9. The summed E-state index contributed by atoms with van der Waals surface area (Å²) >= 11 is 12.8. The highest BCUT2D eigenvalue weighted by Crippen LogP contribution is 2.39. The van der Waals surface area contributed by atoms with Crippen molar-refractivity contribution in [1.29, 1.82) is 0 Å². The molecule has 1 aliphatic carbocycles. The van der Waals surface area contributed by atoms with Gasteiger partial charge in [0.15, 0.2) is 0 Å². The van der Waals surface area contributed by atoms with E-state index in [4.69, 9.17) is 28.3 Å². The third kappa shape index (κ3) is 5.62. The van der Waals surface area contributed by atoms with Crippen LogP contribution in [0.5, 0.6) is 0 Å². The molecule has 5 nitrogen and oxygen atoms in total. The minimum atomic E-state index is -0.357. The number of nitrogens with one attached hydrogen (secondary N) is 1. The lowest BCUT2D eigenvalue weighted by Gasteiger charge is -2.31. The maximum absolute atomic E-state index is 13.6. The molecule has 1 amide bonds. The first-order valence-corrected chi connectivity index (χ1v) is 12.8. The van der Waals surface area contributed by atoms with Crippen LogP contribution in [-0.4, -0.2) is 35.6 Å². The van der Waals surface area contributed by atoms with Crippen LogP contribution in [0.25, 0.3) is 0 Å². The molecule has 35 heavy (non-hydrogen) atoms.